The summed E-state index contributed by atoms with van der Waals surface area (Å²) in [7, 11) is -3.69. The van der Waals surface area contributed by atoms with Crippen LogP contribution >= 0.6 is 11.6 Å². The standard InChI is InChI=1S/C21H28ClN5O3S/c1-2-24-15-20(23-16-24)31(29,30)27-8-4-5-17(14-27)21(28)26-11-9-25(10-12-26)19-7-3-6-18(22)13-19/h3,6-7,13,15-17H,2,4-5,8-12,14H2,1H3. The lowest BCUT2D eigenvalue weighted by atomic mass is 9.97. The molecular weight excluding hydrogens is 438 g/mol. The first-order valence-electron chi connectivity index (χ1n) is 10.7. The number of piperazine rings is 1. The van der Waals surface area contributed by atoms with Crippen LogP contribution in [0.25, 0.3) is 0 Å². The number of benzene rings is 1. The van der Waals surface area contributed by atoms with Crippen LogP contribution in [-0.4, -0.2) is 72.3 Å². The minimum absolute atomic E-state index is 0.0460. The number of hydrogen-bond acceptors (Lipinski definition) is 5. The highest BCUT2D eigenvalue weighted by Gasteiger charge is 2.36. The predicted molar refractivity (Wildman–Crippen MR) is 120 cm³/mol. The molecule has 0 N–H and O–H groups in total. The number of carbonyl (C=O) groups is 1. The number of carbonyl (C=O) groups excluding carboxylic acids is 1. The van der Waals surface area contributed by atoms with Crippen LogP contribution in [0.1, 0.15) is 19.8 Å². The fraction of sp³-hybridized carbons (Fsp3) is 0.524. The Kier molecular flexibility index (Phi) is 6.55. The van der Waals surface area contributed by atoms with E-state index in [0.29, 0.717) is 44.0 Å². The van der Waals surface area contributed by atoms with Gasteiger partial charge in [0.15, 0.2) is 5.03 Å². The summed E-state index contributed by atoms with van der Waals surface area (Å²) in [5.74, 6) is -0.265. The highest BCUT2D eigenvalue weighted by atomic mass is 35.5. The minimum Gasteiger partial charge on any atom is -0.368 e. The molecule has 31 heavy (non-hydrogen) atoms. The van der Waals surface area contributed by atoms with E-state index in [2.05, 4.69) is 9.88 Å². The van der Waals surface area contributed by atoms with Crippen LogP contribution in [-0.2, 0) is 21.4 Å². The van der Waals surface area contributed by atoms with E-state index in [9.17, 15) is 13.2 Å². The molecule has 2 aromatic rings. The molecule has 1 aromatic carbocycles. The van der Waals surface area contributed by atoms with Crippen molar-refractivity contribution in [3.8, 4) is 0 Å². The van der Waals surface area contributed by atoms with Crippen molar-refractivity contribution >= 4 is 33.2 Å². The predicted octanol–water partition coefficient (Wildman–Crippen LogP) is 2.31. The van der Waals surface area contributed by atoms with Gasteiger partial charge in [-0.15, -0.1) is 0 Å². The van der Waals surface area contributed by atoms with Gasteiger partial charge in [0, 0.05) is 62.7 Å². The second kappa shape index (κ2) is 9.18. The minimum atomic E-state index is -3.69. The van der Waals surface area contributed by atoms with Crippen molar-refractivity contribution in [2.45, 2.75) is 31.3 Å². The molecule has 168 valence electrons. The molecule has 0 bridgehead atoms. The molecule has 1 atom stereocenters. The molecule has 0 aliphatic carbocycles. The van der Waals surface area contributed by atoms with Gasteiger partial charge in [0.25, 0.3) is 10.0 Å². The topological polar surface area (TPSA) is 78.8 Å². The number of amides is 1. The number of imidazole rings is 1. The Balaban J connectivity index is 1.38. The van der Waals surface area contributed by atoms with Crippen molar-refractivity contribution in [1.29, 1.82) is 0 Å². The first kappa shape index (κ1) is 22.1. The summed E-state index contributed by atoms with van der Waals surface area (Å²) in [4.78, 5) is 21.3. The molecule has 1 amide bonds. The average Bonchev–Trinajstić information content (AvgIpc) is 3.29. The van der Waals surface area contributed by atoms with E-state index in [0.717, 1.165) is 18.8 Å². The van der Waals surface area contributed by atoms with E-state index in [4.69, 9.17) is 11.6 Å². The van der Waals surface area contributed by atoms with Gasteiger partial charge in [-0.1, -0.05) is 17.7 Å². The zero-order valence-electron chi connectivity index (χ0n) is 17.7. The number of nitrogens with zero attached hydrogens (tertiary/aromatic N) is 5. The molecule has 2 aliphatic rings. The van der Waals surface area contributed by atoms with Crippen molar-refractivity contribution in [1.82, 2.24) is 18.8 Å². The third kappa shape index (κ3) is 4.73. The maximum Gasteiger partial charge on any atom is 0.262 e. The molecule has 8 nitrogen and oxygen atoms in total. The number of anilines is 1. The molecule has 3 heterocycles. The van der Waals surface area contributed by atoms with Crippen LogP contribution in [0.2, 0.25) is 5.02 Å². The van der Waals surface area contributed by atoms with E-state index in [1.54, 1.807) is 10.8 Å². The third-order valence-electron chi connectivity index (χ3n) is 6.08. The Morgan fingerprint density at radius 3 is 2.65 bits per heavy atom. The van der Waals surface area contributed by atoms with Gasteiger partial charge in [0.1, 0.15) is 0 Å². The van der Waals surface area contributed by atoms with Crippen LogP contribution in [0, 0.1) is 5.92 Å². The molecule has 1 aromatic heterocycles. The summed E-state index contributed by atoms with van der Waals surface area (Å²) in [6, 6.07) is 7.73. The van der Waals surface area contributed by atoms with Crippen LogP contribution in [0.3, 0.4) is 0 Å². The van der Waals surface area contributed by atoms with Gasteiger partial charge in [-0.2, -0.15) is 4.31 Å². The van der Waals surface area contributed by atoms with Crippen molar-refractivity contribution in [3.05, 3.63) is 41.8 Å². The Labute approximate surface area is 188 Å². The normalized spacial score (nSPS) is 20.8. The molecule has 2 aliphatic heterocycles. The number of rotatable bonds is 5. The maximum absolute atomic E-state index is 13.2. The second-order valence-corrected chi connectivity index (χ2v) is 10.4. The van der Waals surface area contributed by atoms with Gasteiger partial charge >= 0.3 is 0 Å². The van der Waals surface area contributed by atoms with Gasteiger partial charge in [-0.25, -0.2) is 13.4 Å². The lowest BCUT2D eigenvalue weighted by molar-refractivity contribution is -0.137. The maximum atomic E-state index is 13.2. The zero-order chi connectivity index (χ0) is 22.0. The zero-order valence-corrected chi connectivity index (χ0v) is 19.2. The van der Waals surface area contributed by atoms with E-state index in [-0.39, 0.29) is 23.4 Å². The van der Waals surface area contributed by atoms with Gasteiger partial charge < -0.3 is 14.4 Å². The molecule has 1 unspecified atom stereocenters. The Hall–Kier alpha value is -2.10. The highest BCUT2D eigenvalue weighted by Crippen LogP contribution is 2.26. The number of sulfonamides is 1. The first-order chi connectivity index (χ1) is 14.9. The Bertz CT molecular complexity index is 1030. The van der Waals surface area contributed by atoms with Gasteiger partial charge in [0.05, 0.1) is 12.2 Å². The molecule has 0 saturated carbocycles. The molecule has 2 fully saturated rings. The molecule has 4 rings (SSSR count). The molecule has 2 saturated heterocycles. The monoisotopic (exact) mass is 465 g/mol. The largest absolute Gasteiger partial charge is 0.368 e. The molecule has 0 spiro atoms. The quantitative estimate of drug-likeness (QED) is 0.677. The summed E-state index contributed by atoms with van der Waals surface area (Å²) in [5.41, 5.74) is 1.06. The summed E-state index contributed by atoms with van der Waals surface area (Å²) in [6.07, 6.45) is 4.46. The van der Waals surface area contributed by atoms with E-state index < -0.39 is 10.0 Å². The van der Waals surface area contributed by atoms with Crippen LogP contribution < -0.4 is 4.90 Å². The van der Waals surface area contributed by atoms with Crippen molar-refractivity contribution < 1.29 is 13.2 Å². The molecule has 0 radical (unpaired) electrons. The Morgan fingerprint density at radius 1 is 1.19 bits per heavy atom. The van der Waals surface area contributed by atoms with Crippen molar-refractivity contribution in [2.75, 3.05) is 44.2 Å². The van der Waals surface area contributed by atoms with Gasteiger partial charge in [-0.3, -0.25) is 4.79 Å². The van der Waals surface area contributed by atoms with Crippen LogP contribution in [0.5, 0.6) is 0 Å². The molecular formula is C21H28ClN5O3S. The van der Waals surface area contributed by atoms with E-state index in [1.165, 1.54) is 10.6 Å². The summed E-state index contributed by atoms with van der Waals surface area (Å²) < 4.78 is 29.1. The smallest absolute Gasteiger partial charge is 0.262 e. The second-order valence-electron chi connectivity index (χ2n) is 8.04. The Morgan fingerprint density at radius 2 is 1.97 bits per heavy atom. The van der Waals surface area contributed by atoms with Crippen molar-refractivity contribution in [2.24, 2.45) is 5.92 Å². The van der Waals surface area contributed by atoms with E-state index in [1.807, 2.05) is 36.1 Å². The van der Waals surface area contributed by atoms with Gasteiger partial charge in [-0.05, 0) is 38.0 Å². The fourth-order valence-electron chi connectivity index (χ4n) is 4.26. The number of piperidine rings is 1. The third-order valence-corrected chi connectivity index (χ3v) is 8.06. The van der Waals surface area contributed by atoms with Crippen molar-refractivity contribution in [3.63, 3.8) is 0 Å². The van der Waals surface area contributed by atoms with E-state index >= 15 is 0 Å². The SMILES string of the molecule is CCn1cnc(S(=O)(=O)N2CCCC(C(=O)N3CCN(c4cccc(Cl)c4)CC3)C2)c1. The average molecular weight is 466 g/mol. The highest BCUT2D eigenvalue weighted by molar-refractivity contribution is 7.89. The number of hydrogen-bond donors (Lipinski definition) is 0. The van der Waals surface area contributed by atoms with Gasteiger partial charge in [0.2, 0.25) is 5.91 Å². The summed E-state index contributed by atoms with van der Waals surface area (Å²) in [5, 5.41) is 0.751. The van der Waals surface area contributed by atoms with Crippen LogP contribution in [0.15, 0.2) is 41.8 Å². The fourth-order valence-corrected chi connectivity index (χ4v) is 5.90. The number of aryl methyl sites for hydroxylation is 1. The lowest BCUT2D eigenvalue weighted by Gasteiger charge is -2.39. The van der Waals surface area contributed by atoms with Crippen LogP contribution in [0.4, 0.5) is 5.69 Å². The number of aromatic nitrogens is 2. The molecule has 10 heteroatoms. The summed E-state index contributed by atoms with van der Waals surface area (Å²) >= 11 is 6.10. The summed E-state index contributed by atoms with van der Waals surface area (Å²) in [6.45, 7) is 5.93. The lowest BCUT2D eigenvalue weighted by Crippen LogP contribution is -2.53. The number of halogens is 1. The first-order valence-corrected chi connectivity index (χ1v) is 12.5.